The summed E-state index contributed by atoms with van der Waals surface area (Å²) in [5.74, 6) is -0.305. The minimum atomic E-state index is -1.48. The summed E-state index contributed by atoms with van der Waals surface area (Å²) < 4.78 is 11.8. The van der Waals surface area contributed by atoms with Crippen LogP contribution in [0.4, 0.5) is 0 Å². The van der Waals surface area contributed by atoms with Crippen LogP contribution in [0.25, 0.3) is 10.4 Å². The van der Waals surface area contributed by atoms with E-state index in [-0.39, 0.29) is 25.0 Å². The summed E-state index contributed by atoms with van der Waals surface area (Å²) in [7, 11) is 0. The van der Waals surface area contributed by atoms with Crippen LogP contribution in [0, 0.1) is 0 Å². The molecule has 2 N–H and O–H groups in total. The maximum absolute atomic E-state index is 12.0. The lowest BCUT2D eigenvalue weighted by atomic mass is 9.77. The van der Waals surface area contributed by atoms with E-state index in [1.165, 1.54) is 6.92 Å². The molecule has 0 spiro atoms. The van der Waals surface area contributed by atoms with Crippen molar-refractivity contribution < 1.29 is 24.5 Å². The van der Waals surface area contributed by atoms with E-state index >= 15 is 0 Å². The van der Waals surface area contributed by atoms with E-state index in [0.29, 0.717) is 0 Å². The molecule has 26 heavy (non-hydrogen) atoms. The topological polar surface area (TPSA) is 125 Å². The number of carbonyl (C=O) groups excluding carboxylic acids is 1. The van der Waals surface area contributed by atoms with Crippen molar-refractivity contribution >= 4 is 5.78 Å². The van der Waals surface area contributed by atoms with Crippen LogP contribution in [-0.2, 0) is 20.7 Å². The van der Waals surface area contributed by atoms with Gasteiger partial charge in [-0.1, -0.05) is 29.4 Å². The monoisotopic (exact) mass is 361 g/mol. The molecule has 8 nitrogen and oxygen atoms in total. The van der Waals surface area contributed by atoms with E-state index in [0.717, 1.165) is 11.1 Å². The second-order valence-electron chi connectivity index (χ2n) is 7.06. The van der Waals surface area contributed by atoms with Gasteiger partial charge in [0.1, 0.15) is 5.60 Å². The number of aliphatic hydroxyl groups excluding tert-OH is 1. The van der Waals surface area contributed by atoms with Crippen molar-refractivity contribution in [2.75, 3.05) is 0 Å². The molecule has 140 valence electrons. The zero-order valence-electron chi connectivity index (χ0n) is 14.8. The number of ketones is 1. The Bertz CT molecular complexity index is 735. The fourth-order valence-electron chi connectivity index (χ4n) is 3.68. The maximum Gasteiger partial charge on any atom is 0.161 e. The third kappa shape index (κ3) is 3.60. The molecule has 1 heterocycles. The van der Waals surface area contributed by atoms with Crippen molar-refractivity contribution in [3.8, 4) is 0 Å². The van der Waals surface area contributed by atoms with E-state index in [4.69, 9.17) is 15.0 Å². The van der Waals surface area contributed by atoms with Gasteiger partial charge in [0.2, 0.25) is 0 Å². The Morgan fingerprint density at radius 3 is 2.88 bits per heavy atom. The number of azide groups is 1. The number of hydrogen-bond donors (Lipinski definition) is 2. The van der Waals surface area contributed by atoms with E-state index in [1.54, 1.807) is 6.92 Å². The van der Waals surface area contributed by atoms with Gasteiger partial charge in [0.25, 0.3) is 0 Å². The third-order valence-electron chi connectivity index (χ3n) is 5.25. The van der Waals surface area contributed by atoms with E-state index in [1.807, 2.05) is 24.3 Å². The molecule has 6 atom stereocenters. The molecule has 0 unspecified atom stereocenters. The van der Waals surface area contributed by atoms with Crippen LogP contribution >= 0.6 is 0 Å². The number of rotatable bonds is 4. The second-order valence-corrected chi connectivity index (χ2v) is 7.06. The number of nitrogens with zero attached hydrogens (tertiary/aromatic N) is 3. The van der Waals surface area contributed by atoms with Crippen LogP contribution < -0.4 is 0 Å². The molecule has 3 rings (SSSR count). The highest BCUT2D eigenvalue weighted by atomic mass is 16.7. The Morgan fingerprint density at radius 2 is 2.19 bits per heavy atom. The fraction of sp³-hybridized carbons (Fsp3) is 0.611. The summed E-state index contributed by atoms with van der Waals surface area (Å²) in [6, 6.07) is 6.86. The molecule has 0 saturated carbocycles. The number of Topliss-reactive ketones (excluding diaryl/α,β-unsaturated/α-hetero) is 1. The Morgan fingerprint density at radius 1 is 1.46 bits per heavy atom. The summed E-state index contributed by atoms with van der Waals surface area (Å²) >= 11 is 0. The minimum Gasteiger partial charge on any atom is -0.390 e. The van der Waals surface area contributed by atoms with Crippen molar-refractivity contribution in [2.45, 2.75) is 69.4 Å². The Balaban J connectivity index is 1.84. The molecule has 0 radical (unpaired) electrons. The number of benzene rings is 1. The van der Waals surface area contributed by atoms with Crippen molar-refractivity contribution in [1.82, 2.24) is 0 Å². The Labute approximate surface area is 151 Å². The van der Waals surface area contributed by atoms with Gasteiger partial charge in [-0.25, -0.2) is 0 Å². The number of fused-ring (bicyclic) bond motifs is 1. The lowest BCUT2D eigenvalue weighted by molar-refractivity contribution is -0.246. The van der Waals surface area contributed by atoms with Crippen LogP contribution in [-0.4, -0.2) is 46.1 Å². The number of aliphatic hydroxyl groups is 2. The highest BCUT2D eigenvalue weighted by Gasteiger charge is 2.44. The molecule has 1 aromatic carbocycles. The summed E-state index contributed by atoms with van der Waals surface area (Å²) in [5.41, 5.74) is 8.96. The molecule has 0 aromatic heterocycles. The Hall–Kier alpha value is -1.96. The quantitative estimate of drug-likeness (QED) is 0.483. The first-order valence-electron chi connectivity index (χ1n) is 8.68. The molecule has 0 bridgehead atoms. The van der Waals surface area contributed by atoms with Crippen LogP contribution in [0.1, 0.15) is 43.9 Å². The van der Waals surface area contributed by atoms with Crippen LogP contribution in [0.2, 0.25) is 0 Å². The largest absolute Gasteiger partial charge is 0.390 e. The molecular weight excluding hydrogens is 338 g/mol. The molecule has 8 heteroatoms. The van der Waals surface area contributed by atoms with Crippen LogP contribution in [0.3, 0.4) is 0 Å². The van der Waals surface area contributed by atoms with Gasteiger partial charge in [0.15, 0.2) is 12.1 Å². The fourth-order valence-corrected chi connectivity index (χ4v) is 3.68. The molecule has 1 saturated heterocycles. The molecular formula is C18H23N3O5. The average Bonchev–Trinajstić information content (AvgIpc) is 2.59. The second kappa shape index (κ2) is 7.34. The van der Waals surface area contributed by atoms with Gasteiger partial charge in [-0.3, -0.25) is 4.79 Å². The van der Waals surface area contributed by atoms with Gasteiger partial charge in [-0.15, -0.1) is 0 Å². The zero-order chi connectivity index (χ0) is 18.9. The molecule has 1 aliphatic carbocycles. The van der Waals surface area contributed by atoms with E-state index in [2.05, 4.69) is 10.0 Å². The van der Waals surface area contributed by atoms with Gasteiger partial charge < -0.3 is 19.7 Å². The standard InChI is InChI=1S/C18H23N3O5/c1-10-17(23)14(20-21-19)7-16(25-10)26-15-9-18(24,11(2)22)8-12-5-3-4-6-13(12)15/h3-6,10,14-17,23-24H,7-9H2,1-2H3/t10-,14-,15-,16-,17-,18-/m0/s1. The van der Waals surface area contributed by atoms with Gasteiger partial charge >= 0.3 is 0 Å². The predicted molar refractivity (Wildman–Crippen MR) is 92.1 cm³/mol. The summed E-state index contributed by atoms with van der Waals surface area (Å²) in [5, 5.41) is 24.5. The molecule has 0 amide bonds. The maximum atomic E-state index is 12.0. The summed E-state index contributed by atoms with van der Waals surface area (Å²) in [4.78, 5) is 14.8. The minimum absolute atomic E-state index is 0.127. The number of hydrogen-bond acceptors (Lipinski definition) is 6. The predicted octanol–water partition coefficient (Wildman–Crippen LogP) is 2.19. The van der Waals surface area contributed by atoms with E-state index in [9.17, 15) is 15.0 Å². The van der Waals surface area contributed by atoms with E-state index < -0.39 is 36.2 Å². The molecule has 1 fully saturated rings. The normalized spacial score (nSPS) is 36.7. The summed E-state index contributed by atoms with van der Waals surface area (Å²) in [6.45, 7) is 3.05. The highest BCUT2D eigenvalue weighted by Crippen LogP contribution is 2.40. The smallest absolute Gasteiger partial charge is 0.161 e. The Kier molecular flexibility index (Phi) is 5.32. The first kappa shape index (κ1) is 18.8. The number of ether oxygens (including phenoxy) is 2. The first-order valence-corrected chi connectivity index (χ1v) is 8.68. The van der Waals surface area contributed by atoms with Gasteiger partial charge in [0.05, 0.1) is 24.4 Å². The van der Waals surface area contributed by atoms with Crippen molar-refractivity contribution in [3.63, 3.8) is 0 Å². The van der Waals surface area contributed by atoms with Crippen LogP contribution in [0.5, 0.6) is 0 Å². The zero-order valence-corrected chi connectivity index (χ0v) is 14.8. The average molecular weight is 361 g/mol. The molecule has 1 aromatic rings. The molecule has 2 aliphatic rings. The van der Waals surface area contributed by atoms with Crippen LogP contribution in [0.15, 0.2) is 29.4 Å². The van der Waals surface area contributed by atoms with Gasteiger partial charge in [-0.05, 0) is 30.5 Å². The van der Waals surface area contributed by atoms with Gasteiger partial charge in [0, 0.05) is 24.2 Å². The SMILES string of the molecule is CC(=O)[C@]1(O)Cc2ccccc2[C@@H](O[C@H]2C[C@H](N=[N+]=[N-])[C@@H](O)[C@H](C)O2)C1. The molecule has 1 aliphatic heterocycles. The lowest BCUT2D eigenvalue weighted by Gasteiger charge is -2.41. The van der Waals surface area contributed by atoms with Crippen molar-refractivity contribution in [1.29, 1.82) is 0 Å². The van der Waals surface area contributed by atoms with Crippen molar-refractivity contribution in [3.05, 3.63) is 45.8 Å². The number of carbonyl (C=O) groups is 1. The van der Waals surface area contributed by atoms with Crippen molar-refractivity contribution in [2.24, 2.45) is 5.11 Å². The summed E-state index contributed by atoms with van der Waals surface area (Å²) in [6.07, 6.45) is -2.13. The third-order valence-corrected chi connectivity index (χ3v) is 5.25. The highest BCUT2D eigenvalue weighted by molar-refractivity contribution is 5.85. The lowest BCUT2D eigenvalue weighted by Crippen LogP contribution is -2.49. The first-order chi connectivity index (χ1) is 12.3. The van der Waals surface area contributed by atoms with Gasteiger partial charge in [-0.2, -0.15) is 0 Å².